The molecule has 0 radical (unpaired) electrons. The maximum atomic E-state index is 13.6. The molecular formula is C10H15F2N. The molecule has 0 amide bonds. The molecule has 0 aromatic rings. The normalized spacial score (nSPS) is 45.6. The van der Waals surface area contributed by atoms with E-state index >= 15 is 0 Å². The van der Waals surface area contributed by atoms with Crippen LogP contribution in [0.25, 0.3) is 0 Å². The van der Waals surface area contributed by atoms with Crippen LogP contribution in [-0.2, 0) is 0 Å². The van der Waals surface area contributed by atoms with Gasteiger partial charge in [0.1, 0.15) is 6.17 Å². The van der Waals surface area contributed by atoms with Crippen molar-refractivity contribution in [2.75, 3.05) is 13.1 Å². The summed E-state index contributed by atoms with van der Waals surface area (Å²) in [5.74, 6) is 0. The monoisotopic (exact) mass is 187 g/mol. The van der Waals surface area contributed by atoms with E-state index in [1.807, 2.05) is 11.8 Å². The van der Waals surface area contributed by atoms with Gasteiger partial charge in [0.15, 0.2) is 6.17 Å². The molecule has 2 aliphatic rings. The Bertz CT molecular complexity index is 241. The lowest BCUT2D eigenvalue weighted by molar-refractivity contribution is 0.0964. The van der Waals surface area contributed by atoms with Crippen LogP contribution in [0, 0.1) is 0 Å². The van der Waals surface area contributed by atoms with Crippen LogP contribution in [0.2, 0.25) is 0 Å². The maximum absolute atomic E-state index is 13.6. The number of alkyl halides is 2. The molecule has 2 rings (SSSR count). The first kappa shape index (κ1) is 9.13. The van der Waals surface area contributed by atoms with Crippen molar-refractivity contribution in [1.82, 2.24) is 4.90 Å². The summed E-state index contributed by atoms with van der Waals surface area (Å²) in [4.78, 5) is 1.92. The lowest BCUT2D eigenvalue weighted by atomic mass is 9.88. The average molecular weight is 187 g/mol. The second-order valence-electron chi connectivity index (χ2n) is 4.18. The van der Waals surface area contributed by atoms with Gasteiger partial charge in [-0.2, -0.15) is 0 Å². The molecule has 0 spiro atoms. The summed E-state index contributed by atoms with van der Waals surface area (Å²) in [5, 5.41) is 0. The minimum absolute atomic E-state index is 0.244. The van der Waals surface area contributed by atoms with E-state index in [0.29, 0.717) is 19.4 Å². The molecule has 0 N–H and O–H groups in total. The first-order valence-corrected chi connectivity index (χ1v) is 4.80. The van der Waals surface area contributed by atoms with Crippen LogP contribution in [0.1, 0.15) is 19.8 Å². The van der Waals surface area contributed by atoms with Gasteiger partial charge in [-0.1, -0.05) is 19.1 Å². The van der Waals surface area contributed by atoms with Crippen molar-refractivity contribution in [3.63, 3.8) is 0 Å². The summed E-state index contributed by atoms with van der Waals surface area (Å²) in [6, 6.07) is 0. The molecule has 3 atom stereocenters. The van der Waals surface area contributed by atoms with E-state index in [9.17, 15) is 8.78 Å². The standard InChI is InChI=1S/C10H15F2N/c1-3-10-4-7(2)5-13(10)6-8(11)9(10)12/h8-9H,2-6H2,1H3/t8-,9-,10-/m1/s1. The van der Waals surface area contributed by atoms with Gasteiger partial charge in [0, 0.05) is 13.1 Å². The van der Waals surface area contributed by atoms with E-state index in [1.165, 1.54) is 0 Å². The minimum atomic E-state index is -1.32. The molecule has 0 bridgehead atoms. The Morgan fingerprint density at radius 3 is 2.85 bits per heavy atom. The second-order valence-corrected chi connectivity index (χ2v) is 4.18. The molecule has 0 aromatic heterocycles. The third kappa shape index (κ3) is 1.06. The fraction of sp³-hybridized carbons (Fsp3) is 0.800. The van der Waals surface area contributed by atoms with Gasteiger partial charge in [0.2, 0.25) is 0 Å². The molecule has 0 aromatic carbocycles. The fourth-order valence-electron chi connectivity index (χ4n) is 2.73. The quantitative estimate of drug-likeness (QED) is 0.568. The smallest absolute Gasteiger partial charge is 0.151 e. The lowest BCUT2D eigenvalue weighted by Gasteiger charge is -2.31. The van der Waals surface area contributed by atoms with E-state index in [4.69, 9.17) is 0 Å². The Morgan fingerprint density at radius 2 is 2.31 bits per heavy atom. The van der Waals surface area contributed by atoms with E-state index in [1.54, 1.807) is 0 Å². The van der Waals surface area contributed by atoms with Crippen molar-refractivity contribution in [2.24, 2.45) is 0 Å². The Balaban J connectivity index is 2.30. The van der Waals surface area contributed by atoms with E-state index in [2.05, 4.69) is 6.58 Å². The van der Waals surface area contributed by atoms with Crippen molar-refractivity contribution < 1.29 is 8.78 Å². The number of nitrogens with zero attached hydrogens (tertiary/aromatic N) is 1. The Labute approximate surface area is 77.4 Å². The lowest BCUT2D eigenvalue weighted by Crippen LogP contribution is -2.44. The molecule has 0 aliphatic carbocycles. The van der Waals surface area contributed by atoms with Crippen molar-refractivity contribution in [3.05, 3.63) is 12.2 Å². The highest BCUT2D eigenvalue weighted by molar-refractivity contribution is 5.22. The van der Waals surface area contributed by atoms with Crippen LogP contribution in [0.5, 0.6) is 0 Å². The number of fused-ring (bicyclic) bond motifs is 1. The molecule has 3 heteroatoms. The van der Waals surface area contributed by atoms with Gasteiger partial charge in [0.25, 0.3) is 0 Å². The Kier molecular flexibility index (Phi) is 1.95. The molecule has 13 heavy (non-hydrogen) atoms. The van der Waals surface area contributed by atoms with Crippen LogP contribution in [-0.4, -0.2) is 35.9 Å². The summed E-state index contributed by atoms with van der Waals surface area (Å²) < 4.78 is 26.8. The molecule has 2 fully saturated rings. The highest BCUT2D eigenvalue weighted by atomic mass is 19.2. The second kappa shape index (κ2) is 2.77. The third-order valence-corrected chi connectivity index (χ3v) is 3.44. The number of halogens is 2. The Morgan fingerprint density at radius 1 is 1.62 bits per heavy atom. The molecular weight excluding hydrogens is 172 g/mol. The maximum Gasteiger partial charge on any atom is 0.151 e. The summed E-state index contributed by atoms with van der Waals surface area (Å²) in [6.07, 6.45) is -1.32. The van der Waals surface area contributed by atoms with Gasteiger partial charge in [0.05, 0.1) is 5.54 Å². The van der Waals surface area contributed by atoms with Gasteiger partial charge in [-0.25, -0.2) is 8.78 Å². The van der Waals surface area contributed by atoms with E-state index in [-0.39, 0.29) is 6.54 Å². The third-order valence-electron chi connectivity index (χ3n) is 3.44. The van der Waals surface area contributed by atoms with Gasteiger partial charge in [-0.05, 0) is 12.8 Å². The average Bonchev–Trinajstić information content (AvgIpc) is 2.50. The van der Waals surface area contributed by atoms with Gasteiger partial charge < -0.3 is 0 Å². The summed E-state index contributed by atoms with van der Waals surface area (Å²) in [6.45, 7) is 6.70. The first-order valence-electron chi connectivity index (χ1n) is 4.80. The van der Waals surface area contributed by atoms with Crippen molar-refractivity contribution in [3.8, 4) is 0 Å². The zero-order valence-corrected chi connectivity index (χ0v) is 7.89. The predicted molar refractivity (Wildman–Crippen MR) is 48.1 cm³/mol. The largest absolute Gasteiger partial charge is 0.287 e. The topological polar surface area (TPSA) is 3.24 Å². The van der Waals surface area contributed by atoms with Gasteiger partial charge in [-0.15, -0.1) is 0 Å². The zero-order chi connectivity index (χ0) is 9.64. The highest BCUT2D eigenvalue weighted by Crippen LogP contribution is 2.45. The van der Waals surface area contributed by atoms with Crippen LogP contribution in [0.4, 0.5) is 8.78 Å². The molecule has 0 saturated carbocycles. The molecule has 74 valence electrons. The molecule has 2 saturated heterocycles. The molecule has 2 aliphatic heterocycles. The van der Waals surface area contributed by atoms with Gasteiger partial charge >= 0.3 is 0 Å². The number of rotatable bonds is 1. The van der Waals surface area contributed by atoms with Crippen LogP contribution in [0.15, 0.2) is 12.2 Å². The summed E-state index contributed by atoms with van der Waals surface area (Å²) in [7, 11) is 0. The summed E-state index contributed by atoms with van der Waals surface area (Å²) in [5.41, 5.74) is 0.479. The van der Waals surface area contributed by atoms with Crippen molar-refractivity contribution >= 4 is 0 Å². The first-order chi connectivity index (χ1) is 6.10. The minimum Gasteiger partial charge on any atom is -0.287 e. The predicted octanol–water partition coefficient (Wildman–Crippen LogP) is 2.09. The fourth-order valence-corrected chi connectivity index (χ4v) is 2.73. The number of hydrogen-bond donors (Lipinski definition) is 0. The van der Waals surface area contributed by atoms with Gasteiger partial charge in [-0.3, -0.25) is 4.90 Å². The van der Waals surface area contributed by atoms with E-state index in [0.717, 1.165) is 5.57 Å². The Hall–Kier alpha value is -0.440. The van der Waals surface area contributed by atoms with Crippen LogP contribution < -0.4 is 0 Å². The SMILES string of the molecule is C=C1CN2C[C@@H](F)[C@@H](F)[C@@]2(CC)C1. The zero-order valence-electron chi connectivity index (χ0n) is 7.89. The molecule has 2 heterocycles. The number of hydrogen-bond acceptors (Lipinski definition) is 1. The van der Waals surface area contributed by atoms with Crippen LogP contribution in [0.3, 0.4) is 0 Å². The van der Waals surface area contributed by atoms with Crippen molar-refractivity contribution in [2.45, 2.75) is 37.6 Å². The molecule has 0 unspecified atom stereocenters. The van der Waals surface area contributed by atoms with Crippen molar-refractivity contribution in [1.29, 1.82) is 0 Å². The summed E-state index contributed by atoms with van der Waals surface area (Å²) >= 11 is 0. The molecule has 1 nitrogen and oxygen atoms in total. The van der Waals surface area contributed by atoms with Crippen LogP contribution >= 0.6 is 0 Å². The highest BCUT2D eigenvalue weighted by Gasteiger charge is 2.56. The van der Waals surface area contributed by atoms with E-state index < -0.39 is 17.9 Å².